The van der Waals surface area contributed by atoms with Crippen molar-refractivity contribution in [2.24, 2.45) is 0 Å². The highest BCUT2D eigenvalue weighted by Gasteiger charge is 2.42. The number of carbonyl (C=O) groups excluding carboxylic acids is 2. The molecule has 0 spiro atoms. The van der Waals surface area contributed by atoms with Crippen molar-refractivity contribution in [2.45, 2.75) is 12.0 Å². The zero-order valence-electron chi connectivity index (χ0n) is 10.1. The zero-order chi connectivity index (χ0) is 13.6. The van der Waals surface area contributed by atoms with Crippen molar-refractivity contribution in [2.75, 3.05) is 19.8 Å². The minimum Gasteiger partial charge on any atom is -0.386 e. The van der Waals surface area contributed by atoms with Gasteiger partial charge in [0, 0.05) is 17.5 Å². The number of nitrogens with zero attached hydrogens (tertiary/aromatic N) is 1. The first-order valence-electron chi connectivity index (χ1n) is 5.96. The molecule has 6 heteroatoms. The van der Waals surface area contributed by atoms with Crippen LogP contribution in [0.15, 0.2) is 22.7 Å². The van der Waals surface area contributed by atoms with E-state index >= 15 is 0 Å². The first kappa shape index (κ1) is 12.8. The summed E-state index contributed by atoms with van der Waals surface area (Å²) in [4.78, 5) is 25.5. The third kappa shape index (κ3) is 2.09. The SMILES string of the molecule is O=C1c2ccc(Br)cc2C(=O)N1CC1(O)CCOC1. The number of ether oxygens (including phenoxy) is 1. The highest BCUT2D eigenvalue weighted by Crippen LogP contribution is 2.29. The fraction of sp³-hybridized carbons (Fsp3) is 0.385. The summed E-state index contributed by atoms with van der Waals surface area (Å²) >= 11 is 3.28. The Morgan fingerprint density at radius 1 is 1.32 bits per heavy atom. The first-order chi connectivity index (χ1) is 9.00. The van der Waals surface area contributed by atoms with Crippen molar-refractivity contribution in [3.05, 3.63) is 33.8 Å². The average molecular weight is 326 g/mol. The van der Waals surface area contributed by atoms with Crippen LogP contribution in [0.4, 0.5) is 0 Å². The number of aliphatic hydroxyl groups is 1. The van der Waals surface area contributed by atoms with Gasteiger partial charge in [-0.2, -0.15) is 0 Å². The van der Waals surface area contributed by atoms with Gasteiger partial charge < -0.3 is 9.84 Å². The van der Waals surface area contributed by atoms with Crippen LogP contribution < -0.4 is 0 Å². The molecule has 2 aliphatic rings. The van der Waals surface area contributed by atoms with E-state index in [1.165, 1.54) is 0 Å². The predicted octanol–water partition coefficient (Wildman–Crippen LogP) is 1.20. The molecule has 2 amide bonds. The van der Waals surface area contributed by atoms with Crippen molar-refractivity contribution in [1.82, 2.24) is 4.90 Å². The minimum absolute atomic E-state index is 0.0169. The normalized spacial score (nSPS) is 26.1. The number of rotatable bonds is 2. The number of hydrogen-bond donors (Lipinski definition) is 1. The van der Waals surface area contributed by atoms with Gasteiger partial charge in [0.25, 0.3) is 11.8 Å². The average Bonchev–Trinajstić information content (AvgIpc) is 2.89. The maximum absolute atomic E-state index is 12.2. The Labute approximate surface area is 118 Å². The van der Waals surface area contributed by atoms with E-state index < -0.39 is 5.60 Å². The summed E-state index contributed by atoms with van der Waals surface area (Å²) in [5, 5.41) is 10.2. The molecule has 1 fully saturated rings. The van der Waals surface area contributed by atoms with Gasteiger partial charge in [0.1, 0.15) is 5.60 Å². The fourth-order valence-electron chi connectivity index (χ4n) is 2.42. The number of halogens is 1. The highest BCUT2D eigenvalue weighted by molar-refractivity contribution is 9.10. The lowest BCUT2D eigenvalue weighted by atomic mass is 10.0. The molecule has 2 heterocycles. The number of fused-ring (bicyclic) bond motifs is 1. The smallest absolute Gasteiger partial charge is 0.261 e. The van der Waals surface area contributed by atoms with Crippen LogP contribution in [0.1, 0.15) is 27.1 Å². The molecule has 0 bridgehead atoms. The molecule has 0 saturated carbocycles. The van der Waals surface area contributed by atoms with Crippen LogP contribution in [-0.2, 0) is 4.74 Å². The number of hydrogen-bond acceptors (Lipinski definition) is 4. The van der Waals surface area contributed by atoms with Crippen LogP contribution in [-0.4, -0.2) is 47.2 Å². The fourth-order valence-corrected chi connectivity index (χ4v) is 2.78. The van der Waals surface area contributed by atoms with Gasteiger partial charge in [0.15, 0.2) is 0 Å². The van der Waals surface area contributed by atoms with E-state index in [1.54, 1.807) is 18.2 Å². The second kappa shape index (κ2) is 4.40. The van der Waals surface area contributed by atoms with E-state index in [0.717, 1.165) is 9.37 Å². The molecule has 1 saturated heterocycles. The number of amides is 2. The van der Waals surface area contributed by atoms with E-state index in [2.05, 4.69) is 15.9 Å². The largest absolute Gasteiger partial charge is 0.386 e. The lowest BCUT2D eigenvalue weighted by molar-refractivity contribution is 0.00112. The first-order valence-corrected chi connectivity index (χ1v) is 6.75. The molecule has 0 aromatic heterocycles. The summed E-state index contributed by atoms with van der Waals surface area (Å²) < 4.78 is 5.88. The highest BCUT2D eigenvalue weighted by atomic mass is 79.9. The molecule has 5 nitrogen and oxygen atoms in total. The van der Waals surface area contributed by atoms with E-state index in [-0.39, 0.29) is 25.0 Å². The summed E-state index contributed by atoms with van der Waals surface area (Å²) in [6, 6.07) is 4.97. The van der Waals surface area contributed by atoms with Crippen molar-refractivity contribution in [3.63, 3.8) is 0 Å². The maximum Gasteiger partial charge on any atom is 0.261 e. The summed E-state index contributed by atoms with van der Waals surface area (Å²) in [6.45, 7) is 0.590. The van der Waals surface area contributed by atoms with E-state index in [4.69, 9.17) is 4.74 Å². The van der Waals surface area contributed by atoms with Gasteiger partial charge in [-0.05, 0) is 18.2 Å². The van der Waals surface area contributed by atoms with Crippen molar-refractivity contribution in [3.8, 4) is 0 Å². The summed E-state index contributed by atoms with van der Waals surface area (Å²) in [5.74, 6) is -0.713. The van der Waals surface area contributed by atoms with Gasteiger partial charge >= 0.3 is 0 Å². The Bertz CT molecular complexity index is 566. The van der Waals surface area contributed by atoms with Gasteiger partial charge in [-0.25, -0.2) is 0 Å². The third-order valence-corrected chi connectivity index (χ3v) is 3.96. The molecule has 100 valence electrons. The van der Waals surface area contributed by atoms with Crippen molar-refractivity contribution in [1.29, 1.82) is 0 Å². The van der Waals surface area contributed by atoms with Crippen molar-refractivity contribution < 1.29 is 19.4 Å². The number of carbonyl (C=O) groups is 2. The third-order valence-electron chi connectivity index (χ3n) is 3.47. The molecule has 0 aliphatic carbocycles. The Balaban J connectivity index is 1.90. The number of benzene rings is 1. The monoisotopic (exact) mass is 325 g/mol. The molecule has 0 radical (unpaired) electrons. The quantitative estimate of drug-likeness (QED) is 0.830. The summed E-state index contributed by atoms with van der Waals surface area (Å²) in [5.41, 5.74) is -0.359. The lowest BCUT2D eigenvalue weighted by Crippen LogP contribution is -2.46. The second-order valence-electron chi connectivity index (χ2n) is 4.91. The number of imide groups is 1. The molecular weight excluding hydrogens is 314 g/mol. The van der Waals surface area contributed by atoms with E-state index in [0.29, 0.717) is 24.2 Å². The summed E-state index contributed by atoms with van der Waals surface area (Å²) in [6.07, 6.45) is 0.435. The van der Waals surface area contributed by atoms with Gasteiger partial charge in [-0.3, -0.25) is 14.5 Å². The van der Waals surface area contributed by atoms with Gasteiger partial charge in [0.05, 0.1) is 24.3 Å². The molecule has 1 aromatic rings. The van der Waals surface area contributed by atoms with E-state index in [1.807, 2.05) is 0 Å². The Kier molecular flexibility index (Phi) is 2.96. The second-order valence-corrected chi connectivity index (χ2v) is 5.83. The molecule has 19 heavy (non-hydrogen) atoms. The standard InChI is InChI=1S/C13H12BrNO4/c14-8-1-2-9-10(5-8)12(17)15(11(9)16)6-13(18)3-4-19-7-13/h1-2,5,18H,3-4,6-7H2. The lowest BCUT2D eigenvalue weighted by Gasteiger charge is -2.25. The molecule has 1 aromatic carbocycles. The molecule has 3 rings (SSSR count). The Morgan fingerprint density at radius 2 is 2.05 bits per heavy atom. The zero-order valence-corrected chi connectivity index (χ0v) is 11.6. The molecule has 1 N–H and O–H groups in total. The van der Waals surface area contributed by atoms with Gasteiger partial charge in [-0.1, -0.05) is 15.9 Å². The number of β-amino-alcohol motifs (C(OH)–C–C–N with tert-alkyl or cyclic N) is 1. The van der Waals surface area contributed by atoms with Crippen LogP contribution in [0, 0.1) is 0 Å². The summed E-state index contributed by atoms with van der Waals surface area (Å²) in [7, 11) is 0. The van der Waals surface area contributed by atoms with E-state index in [9.17, 15) is 14.7 Å². The Morgan fingerprint density at radius 3 is 2.74 bits per heavy atom. The maximum atomic E-state index is 12.2. The predicted molar refractivity (Wildman–Crippen MR) is 69.9 cm³/mol. The molecule has 1 atom stereocenters. The van der Waals surface area contributed by atoms with Crippen LogP contribution in [0.25, 0.3) is 0 Å². The Hall–Kier alpha value is -1.24. The van der Waals surface area contributed by atoms with Crippen LogP contribution >= 0.6 is 15.9 Å². The topological polar surface area (TPSA) is 66.8 Å². The molecule has 1 unspecified atom stereocenters. The van der Waals surface area contributed by atoms with Crippen molar-refractivity contribution >= 4 is 27.7 Å². The van der Waals surface area contributed by atoms with Crippen LogP contribution in [0.2, 0.25) is 0 Å². The minimum atomic E-state index is -1.12. The molecule has 2 aliphatic heterocycles. The van der Waals surface area contributed by atoms with Gasteiger partial charge in [0.2, 0.25) is 0 Å². The van der Waals surface area contributed by atoms with Crippen LogP contribution in [0.5, 0.6) is 0 Å². The van der Waals surface area contributed by atoms with Gasteiger partial charge in [-0.15, -0.1) is 0 Å². The molecular formula is C13H12BrNO4. The van der Waals surface area contributed by atoms with Crippen LogP contribution in [0.3, 0.4) is 0 Å².